The highest BCUT2D eigenvalue weighted by Gasteiger charge is 2.27. The average Bonchev–Trinajstić information content (AvgIpc) is 3.07. The molecule has 3 rings (SSSR count). The van der Waals surface area contributed by atoms with Crippen molar-refractivity contribution in [2.45, 2.75) is 38.3 Å². The molecule has 1 fully saturated rings. The lowest BCUT2D eigenvalue weighted by Gasteiger charge is -2.23. The number of fused-ring (bicyclic) bond motifs is 1. The Morgan fingerprint density at radius 1 is 1.57 bits per heavy atom. The van der Waals surface area contributed by atoms with Gasteiger partial charge in [-0.2, -0.15) is 0 Å². The Labute approximate surface area is 142 Å². The van der Waals surface area contributed by atoms with E-state index >= 15 is 0 Å². The fraction of sp³-hybridized carbons (Fsp3) is 0.533. The van der Waals surface area contributed by atoms with Gasteiger partial charge in [0.2, 0.25) is 0 Å². The molecule has 0 aliphatic carbocycles. The van der Waals surface area contributed by atoms with Gasteiger partial charge in [-0.15, -0.1) is 11.6 Å². The highest BCUT2D eigenvalue weighted by molar-refractivity contribution is 14.1. The summed E-state index contributed by atoms with van der Waals surface area (Å²) in [7, 11) is 0. The molecule has 6 heteroatoms. The van der Waals surface area contributed by atoms with Gasteiger partial charge in [0.1, 0.15) is 11.6 Å². The van der Waals surface area contributed by atoms with Crippen LogP contribution in [0.15, 0.2) is 12.1 Å². The van der Waals surface area contributed by atoms with E-state index < -0.39 is 0 Å². The Morgan fingerprint density at radius 2 is 2.38 bits per heavy atom. The summed E-state index contributed by atoms with van der Waals surface area (Å²) < 4.78 is 22.4. The van der Waals surface area contributed by atoms with Crippen molar-refractivity contribution in [1.82, 2.24) is 9.55 Å². The minimum Gasteiger partial charge on any atom is -0.376 e. The van der Waals surface area contributed by atoms with Crippen molar-refractivity contribution in [3.05, 3.63) is 27.3 Å². The van der Waals surface area contributed by atoms with Crippen molar-refractivity contribution in [1.29, 1.82) is 0 Å². The molecule has 0 saturated carbocycles. The van der Waals surface area contributed by atoms with Crippen LogP contribution in [0.4, 0.5) is 4.39 Å². The first-order valence-electron chi connectivity index (χ1n) is 7.15. The summed E-state index contributed by atoms with van der Waals surface area (Å²) in [5.74, 6) is 1.20. The molecule has 1 aliphatic heterocycles. The Bertz CT molecular complexity index is 655. The maximum Gasteiger partial charge on any atom is 0.138 e. The number of hydrogen-bond donors (Lipinski definition) is 0. The fourth-order valence-corrected chi connectivity index (χ4v) is 3.62. The molecule has 2 atom stereocenters. The van der Waals surface area contributed by atoms with E-state index in [0.29, 0.717) is 15.9 Å². The van der Waals surface area contributed by atoms with E-state index in [0.717, 1.165) is 36.3 Å². The number of nitrogens with zero attached hydrogens (tertiary/aromatic N) is 2. The first-order chi connectivity index (χ1) is 10.1. The van der Waals surface area contributed by atoms with E-state index in [1.54, 1.807) is 12.1 Å². The maximum atomic E-state index is 14.0. The Hall–Kier alpha value is -0.400. The van der Waals surface area contributed by atoms with Gasteiger partial charge in [0, 0.05) is 25.0 Å². The Balaban J connectivity index is 2.12. The molecule has 114 valence electrons. The van der Waals surface area contributed by atoms with Gasteiger partial charge in [-0.3, -0.25) is 0 Å². The lowest BCUT2D eigenvalue weighted by Crippen LogP contribution is -2.22. The van der Waals surface area contributed by atoms with Crippen LogP contribution >= 0.6 is 34.2 Å². The molecule has 0 spiro atoms. The van der Waals surface area contributed by atoms with E-state index in [2.05, 4.69) is 16.5 Å². The Morgan fingerprint density at radius 3 is 3.05 bits per heavy atom. The second-order valence-corrected chi connectivity index (χ2v) is 6.92. The largest absolute Gasteiger partial charge is 0.376 e. The standard InChI is InChI=1S/C15H17ClFIN2O/c1-9(14-3-2-6-21-14)20-13-7-10(17)11(18)8-12(13)19-15(20)4-5-16/h7-9,14H,2-6H2,1H3. The summed E-state index contributed by atoms with van der Waals surface area (Å²) in [6.45, 7) is 2.92. The van der Waals surface area contributed by atoms with Crippen molar-refractivity contribution in [3.8, 4) is 0 Å². The summed E-state index contributed by atoms with van der Waals surface area (Å²) in [6.07, 6.45) is 2.96. The summed E-state index contributed by atoms with van der Waals surface area (Å²) in [6, 6.07) is 3.50. The molecule has 0 radical (unpaired) electrons. The van der Waals surface area contributed by atoms with Crippen LogP contribution in [0.1, 0.15) is 31.6 Å². The highest BCUT2D eigenvalue weighted by Crippen LogP contribution is 2.31. The second-order valence-electron chi connectivity index (χ2n) is 5.38. The molecule has 1 aromatic carbocycles. The van der Waals surface area contributed by atoms with E-state index in [1.165, 1.54) is 0 Å². The summed E-state index contributed by atoms with van der Waals surface area (Å²) >= 11 is 7.90. The minimum absolute atomic E-state index is 0.134. The zero-order valence-electron chi connectivity index (χ0n) is 11.8. The second kappa shape index (κ2) is 6.38. The maximum absolute atomic E-state index is 14.0. The van der Waals surface area contributed by atoms with Gasteiger partial charge in [-0.1, -0.05) is 0 Å². The van der Waals surface area contributed by atoms with Crippen LogP contribution in [-0.4, -0.2) is 28.1 Å². The molecule has 2 unspecified atom stereocenters. The number of halogens is 3. The smallest absolute Gasteiger partial charge is 0.138 e. The molecule has 0 bridgehead atoms. The molecule has 0 N–H and O–H groups in total. The average molecular weight is 423 g/mol. The third-order valence-corrected chi connectivity index (χ3v) is 5.05. The molecule has 2 heterocycles. The first kappa shape index (κ1) is 15.5. The number of aromatic nitrogens is 2. The number of benzene rings is 1. The van der Waals surface area contributed by atoms with E-state index in [9.17, 15) is 4.39 Å². The molecule has 1 aliphatic rings. The highest BCUT2D eigenvalue weighted by atomic mass is 127. The molecule has 0 amide bonds. The van der Waals surface area contributed by atoms with Crippen LogP contribution in [0.2, 0.25) is 0 Å². The number of imidazole rings is 1. The van der Waals surface area contributed by atoms with E-state index in [-0.39, 0.29) is 18.0 Å². The van der Waals surface area contributed by atoms with Crippen molar-refractivity contribution >= 4 is 45.2 Å². The molecule has 3 nitrogen and oxygen atoms in total. The number of rotatable bonds is 4. The van der Waals surface area contributed by atoms with Crippen LogP contribution in [0.5, 0.6) is 0 Å². The fourth-order valence-electron chi connectivity index (χ4n) is 3.00. The van der Waals surface area contributed by atoms with Crippen LogP contribution in [-0.2, 0) is 11.2 Å². The van der Waals surface area contributed by atoms with Crippen molar-refractivity contribution in [2.75, 3.05) is 12.5 Å². The van der Waals surface area contributed by atoms with Gasteiger partial charge in [-0.05, 0) is 48.4 Å². The number of ether oxygens (including phenoxy) is 1. The molecular formula is C15H17ClFIN2O. The summed E-state index contributed by atoms with van der Waals surface area (Å²) in [4.78, 5) is 4.65. The van der Waals surface area contributed by atoms with Gasteiger partial charge in [0.05, 0.1) is 26.7 Å². The minimum atomic E-state index is -0.207. The monoisotopic (exact) mass is 422 g/mol. The van der Waals surface area contributed by atoms with Crippen LogP contribution in [0.25, 0.3) is 11.0 Å². The lowest BCUT2D eigenvalue weighted by molar-refractivity contribution is 0.0736. The van der Waals surface area contributed by atoms with Gasteiger partial charge in [-0.25, -0.2) is 9.37 Å². The summed E-state index contributed by atoms with van der Waals surface area (Å²) in [5.41, 5.74) is 1.65. The normalized spacial score (nSPS) is 20.3. The van der Waals surface area contributed by atoms with Crippen molar-refractivity contribution in [3.63, 3.8) is 0 Å². The van der Waals surface area contributed by atoms with Crippen molar-refractivity contribution < 1.29 is 9.13 Å². The molecule has 2 aromatic rings. The van der Waals surface area contributed by atoms with Gasteiger partial charge >= 0.3 is 0 Å². The van der Waals surface area contributed by atoms with Crippen LogP contribution < -0.4 is 0 Å². The van der Waals surface area contributed by atoms with Gasteiger partial charge in [0.15, 0.2) is 0 Å². The number of alkyl halides is 1. The predicted octanol–water partition coefficient (Wildman–Crippen LogP) is 4.30. The molecule has 21 heavy (non-hydrogen) atoms. The van der Waals surface area contributed by atoms with Crippen molar-refractivity contribution in [2.24, 2.45) is 0 Å². The molecule has 1 saturated heterocycles. The Kier molecular flexibility index (Phi) is 4.71. The molecule has 1 aromatic heterocycles. The third-order valence-electron chi connectivity index (χ3n) is 4.03. The quantitative estimate of drug-likeness (QED) is 0.543. The van der Waals surface area contributed by atoms with Crippen LogP contribution in [0.3, 0.4) is 0 Å². The summed E-state index contributed by atoms with van der Waals surface area (Å²) in [5, 5.41) is 0. The molecular weight excluding hydrogens is 406 g/mol. The SMILES string of the molecule is CC(C1CCCO1)n1c(CCCl)nc2cc(I)c(F)cc21. The zero-order chi connectivity index (χ0) is 15.0. The van der Waals surface area contributed by atoms with Crippen LogP contribution in [0, 0.1) is 9.39 Å². The topological polar surface area (TPSA) is 27.1 Å². The first-order valence-corrected chi connectivity index (χ1v) is 8.76. The van der Waals surface area contributed by atoms with Gasteiger partial charge in [0.25, 0.3) is 0 Å². The lowest BCUT2D eigenvalue weighted by atomic mass is 10.1. The van der Waals surface area contributed by atoms with E-state index in [1.807, 2.05) is 22.6 Å². The number of hydrogen-bond acceptors (Lipinski definition) is 2. The predicted molar refractivity (Wildman–Crippen MR) is 90.5 cm³/mol. The van der Waals surface area contributed by atoms with Gasteiger partial charge < -0.3 is 9.30 Å². The number of aryl methyl sites for hydroxylation is 1. The third kappa shape index (κ3) is 2.92. The van der Waals surface area contributed by atoms with E-state index in [4.69, 9.17) is 16.3 Å². The zero-order valence-corrected chi connectivity index (χ0v) is 14.7.